The first kappa shape index (κ1) is 7.32. The Balaban J connectivity index is 2.64. The molecule has 0 aliphatic carbocycles. The van der Waals surface area contributed by atoms with Gasteiger partial charge in [0.05, 0.1) is 0 Å². The normalized spacial score (nSPS) is 14.9. The predicted molar refractivity (Wildman–Crippen MR) is 40.6 cm³/mol. The van der Waals surface area contributed by atoms with Crippen LogP contribution in [0.25, 0.3) is 0 Å². The van der Waals surface area contributed by atoms with E-state index in [-0.39, 0.29) is 5.91 Å². The lowest BCUT2D eigenvalue weighted by molar-refractivity contribution is -0.121. The maximum atomic E-state index is 11.2. The molecule has 0 spiro atoms. The summed E-state index contributed by atoms with van der Waals surface area (Å²) in [6, 6.07) is 0. The highest BCUT2D eigenvalue weighted by Crippen LogP contribution is 2.12. The second-order valence-corrected chi connectivity index (χ2v) is 2.92. The molecule has 0 aromatic heterocycles. The molecule has 1 aliphatic heterocycles. The van der Waals surface area contributed by atoms with E-state index in [1.165, 1.54) is 0 Å². The molecule has 1 saturated heterocycles. The summed E-state index contributed by atoms with van der Waals surface area (Å²) in [6.07, 6.45) is 0. The van der Waals surface area contributed by atoms with Crippen molar-refractivity contribution in [2.75, 3.05) is 13.1 Å². The molecule has 2 heteroatoms. The number of nitrogens with zero attached hydrogens (tertiary/aromatic N) is 1. The first-order chi connectivity index (χ1) is 4.63. The maximum absolute atomic E-state index is 11.2. The molecular formula is C8H13NO. The third-order valence-electron chi connectivity index (χ3n) is 1.81. The number of rotatable bonds is 1. The molecule has 1 aliphatic rings. The Labute approximate surface area is 61.5 Å². The zero-order chi connectivity index (χ0) is 7.72. The number of allylic oxidation sites excluding steroid dienone is 1. The molecule has 0 bridgehead atoms. The van der Waals surface area contributed by atoms with E-state index in [0.29, 0.717) is 0 Å². The molecule has 1 heterocycles. The van der Waals surface area contributed by atoms with Crippen LogP contribution < -0.4 is 0 Å². The molecule has 0 unspecified atom stereocenters. The topological polar surface area (TPSA) is 20.1 Å². The summed E-state index contributed by atoms with van der Waals surface area (Å²) in [5, 5.41) is 0. The minimum absolute atomic E-state index is 0.208. The van der Waals surface area contributed by atoms with Crippen LogP contribution in [0, 0.1) is 0 Å². The SMILES string of the molecule is CC(C)=C(C)C(=O)N1CC1. The first-order valence-corrected chi connectivity index (χ1v) is 3.56. The van der Waals surface area contributed by atoms with Crippen molar-refractivity contribution in [2.24, 2.45) is 0 Å². The molecule has 0 saturated carbocycles. The van der Waals surface area contributed by atoms with Gasteiger partial charge in [0.25, 0.3) is 0 Å². The lowest BCUT2D eigenvalue weighted by Gasteiger charge is -2.02. The van der Waals surface area contributed by atoms with Crippen molar-refractivity contribution >= 4 is 5.91 Å². The van der Waals surface area contributed by atoms with Gasteiger partial charge in [0, 0.05) is 18.7 Å². The zero-order valence-electron chi connectivity index (χ0n) is 6.77. The van der Waals surface area contributed by atoms with E-state index in [1.807, 2.05) is 25.7 Å². The Bertz CT molecular complexity index is 185. The van der Waals surface area contributed by atoms with E-state index in [1.54, 1.807) is 0 Å². The molecule has 56 valence electrons. The van der Waals surface area contributed by atoms with E-state index in [9.17, 15) is 4.79 Å². The van der Waals surface area contributed by atoms with Gasteiger partial charge < -0.3 is 4.90 Å². The highest BCUT2D eigenvalue weighted by molar-refractivity contribution is 5.94. The Kier molecular flexibility index (Phi) is 1.79. The predicted octanol–water partition coefficient (Wildman–Crippen LogP) is 1.18. The van der Waals surface area contributed by atoms with Gasteiger partial charge in [0.15, 0.2) is 0 Å². The van der Waals surface area contributed by atoms with Crippen LogP contribution >= 0.6 is 0 Å². The highest BCUT2D eigenvalue weighted by Gasteiger charge is 2.24. The monoisotopic (exact) mass is 139 g/mol. The molecule has 0 radical (unpaired) electrons. The molecule has 0 atom stereocenters. The molecule has 2 nitrogen and oxygen atoms in total. The highest BCUT2D eigenvalue weighted by atomic mass is 16.2. The first-order valence-electron chi connectivity index (χ1n) is 3.56. The van der Waals surface area contributed by atoms with Crippen LogP contribution in [-0.2, 0) is 4.79 Å². The van der Waals surface area contributed by atoms with Crippen LogP contribution in [0.5, 0.6) is 0 Å². The number of carbonyl (C=O) groups excluding carboxylic acids is 1. The maximum Gasteiger partial charge on any atom is 0.249 e. The molecule has 1 rings (SSSR count). The lowest BCUT2D eigenvalue weighted by Crippen LogP contribution is -2.11. The van der Waals surface area contributed by atoms with Gasteiger partial charge in [0.1, 0.15) is 0 Å². The third kappa shape index (κ3) is 1.38. The Morgan fingerprint density at radius 1 is 1.20 bits per heavy atom. The van der Waals surface area contributed by atoms with Crippen LogP contribution in [0.15, 0.2) is 11.1 Å². The van der Waals surface area contributed by atoms with Crippen molar-refractivity contribution in [3.05, 3.63) is 11.1 Å². The molecule has 0 aromatic carbocycles. The number of amides is 1. The standard InChI is InChI=1S/C8H13NO/c1-6(2)7(3)8(10)9-4-5-9/h4-5H2,1-3H3. The van der Waals surface area contributed by atoms with E-state index in [0.717, 1.165) is 24.2 Å². The smallest absolute Gasteiger partial charge is 0.249 e. The van der Waals surface area contributed by atoms with Crippen molar-refractivity contribution in [1.29, 1.82) is 0 Å². The molecule has 0 aromatic rings. The average Bonchev–Trinajstić information content (AvgIpc) is 2.65. The third-order valence-corrected chi connectivity index (χ3v) is 1.81. The van der Waals surface area contributed by atoms with Crippen molar-refractivity contribution in [1.82, 2.24) is 4.90 Å². The minimum atomic E-state index is 0.208. The van der Waals surface area contributed by atoms with Gasteiger partial charge in [0.2, 0.25) is 5.91 Å². The molecule has 0 N–H and O–H groups in total. The van der Waals surface area contributed by atoms with Gasteiger partial charge in [-0.15, -0.1) is 0 Å². The van der Waals surface area contributed by atoms with Gasteiger partial charge in [-0.25, -0.2) is 0 Å². The summed E-state index contributed by atoms with van der Waals surface area (Å²) in [7, 11) is 0. The average molecular weight is 139 g/mol. The number of hydrogen-bond donors (Lipinski definition) is 0. The van der Waals surface area contributed by atoms with Crippen molar-refractivity contribution in [3.8, 4) is 0 Å². The van der Waals surface area contributed by atoms with E-state index in [4.69, 9.17) is 0 Å². The summed E-state index contributed by atoms with van der Waals surface area (Å²) in [5.74, 6) is 0.208. The summed E-state index contributed by atoms with van der Waals surface area (Å²) < 4.78 is 0. The van der Waals surface area contributed by atoms with Gasteiger partial charge in [-0.05, 0) is 20.8 Å². The van der Waals surface area contributed by atoms with Crippen LogP contribution in [0.1, 0.15) is 20.8 Å². The van der Waals surface area contributed by atoms with Gasteiger partial charge in [-0.3, -0.25) is 4.79 Å². The van der Waals surface area contributed by atoms with Crippen LogP contribution in [0.3, 0.4) is 0 Å². The van der Waals surface area contributed by atoms with Crippen molar-refractivity contribution in [2.45, 2.75) is 20.8 Å². The summed E-state index contributed by atoms with van der Waals surface area (Å²) >= 11 is 0. The fourth-order valence-electron chi connectivity index (χ4n) is 0.704. The number of hydrogen-bond acceptors (Lipinski definition) is 1. The van der Waals surface area contributed by atoms with E-state index in [2.05, 4.69) is 0 Å². The van der Waals surface area contributed by atoms with Gasteiger partial charge >= 0.3 is 0 Å². The lowest BCUT2D eigenvalue weighted by atomic mass is 10.2. The molecule has 1 amide bonds. The fraction of sp³-hybridized carbons (Fsp3) is 0.625. The van der Waals surface area contributed by atoms with Gasteiger partial charge in [-0.1, -0.05) is 5.57 Å². The Hall–Kier alpha value is -0.790. The van der Waals surface area contributed by atoms with Crippen molar-refractivity contribution < 1.29 is 4.79 Å². The Morgan fingerprint density at radius 2 is 1.70 bits per heavy atom. The zero-order valence-corrected chi connectivity index (χ0v) is 6.77. The van der Waals surface area contributed by atoms with E-state index >= 15 is 0 Å². The van der Waals surface area contributed by atoms with Gasteiger partial charge in [-0.2, -0.15) is 0 Å². The second kappa shape index (κ2) is 2.45. The largest absolute Gasteiger partial charge is 0.335 e. The molecule has 10 heavy (non-hydrogen) atoms. The Morgan fingerprint density at radius 3 is 2.00 bits per heavy atom. The van der Waals surface area contributed by atoms with Crippen LogP contribution in [0.4, 0.5) is 0 Å². The minimum Gasteiger partial charge on any atom is -0.335 e. The summed E-state index contributed by atoms with van der Waals surface area (Å²) in [5.41, 5.74) is 2.02. The quantitative estimate of drug-likeness (QED) is 0.394. The fourth-order valence-corrected chi connectivity index (χ4v) is 0.704. The van der Waals surface area contributed by atoms with Crippen LogP contribution in [0.2, 0.25) is 0 Å². The van der Waals surface area contributed by atoms with Crippen LogP contribution in [-0.4, -0.2) is 23.9 Å². The summed E-state index contributed by atoms with van der Waals surface area (Å²) in [6.45, 7) is 7.72. The number of carbonyl (C=O) groups is 1. The van der Waals surface area contributed by atoms with Crippen molar-refractivity contribution in [3.63, 3.8) is 0 Å². The molecule has 1 fully saturated rings. The second-order valence-electron chi connectivity index (χ2n) is 2.92. The van der Waals surface area contributed by atoms with E-state index < -0.39 is 0 Å². The molecular weight excluding hydrogens is 126 g/mol. The summed E-state index contributed by atoms with van der Waals surface area (Å²) in [4.78, 5) is 13.1.